The highest BCUT2D eigenvalue weighted by Gasteiger charge is 2.33. The Labute approximate surface area is 128 Å². The summed E-state index contributed by atoms with van der Waals surface area (Å²) in [7, 11) is -4.02. The number of hydrogen-bond acceptors (Lipinski definition) is 4. The smallest absolute Gasteiger partial charge is 0.310 e. The molecule has 0 bridgehead atoms. The lowest BCUT2D eigenvalue weighted by molar-refractivity contribution is -0.147. The van der Waals surface area contributed by atoms with Gasteiger partial charge in [-0.15, -0.1) is 0 Å². The van der Waals surface area contributed by atoms with E-state index in [1.807, 2.05) is 0 Å². The molecule has 21 heavy (non-hydrogen) atoms. The predicted molar refractivity (Wildman–Crippen MR) is 77.4 cm³/mol. The first-order valence-electron chi connectivity index (χ1n) is 6.09. The van der Waals surface area contributed by atoms with E-state index < -0.39 is 21.4 Å². The number of carbonyl (C=O) groups is 1. The lowest BCUT2D eigenvalue weighted by Crippen LogP contribution is -2.40. The van der Waals surface area contributed by atoms with E-state index in [0.717, 1.165) is 6.07 Å². The van der Waals surface area contributed by atoms with Crippen molar-refractivity contribution >= 4 is 27.6 Å². The average Bonchev–Trinajstić information content (AvgIpc) is 2.44. The van der Waals surface area contributed by atoms with Gasteiger partial charge in [-0.05, 0) is 31.5 Å². The third-order valence-electron chi connectivity index (χ3n) is 3.30. The van der Waals surface area contributed by atoms with Gasteiger partial charge in [0.1, 0.15) is 11.0 Å². The number of carboxylic acids is 1. The number of aliphatic carboxylic acids is 1. The van der Waals surface area contributed by atoms with Crippen LogP contribution in [-0.4, -0.2) is 26.0 Å². The molecule has 2 N–H and O–H groups in total. The Morgan fingerprint density at radius 3 is 2.62 bits per heavy atom. The van der Waals surface area contributed by atoms with Gasteiger partial charge >= 0.3 is 5.97 Å². The summed E-state index contributed by atoms with van der Waals surface area (Å²) in [5, 5.41) is 18.3. The molecule has 0 amide bonds. The summed E-state index contributed by atoms with van der Waals surface area (Å²) in [6, 6.07) is 5.64. The monoisotopic (exact) mass is 330 g/mol. The Balaban J connectivity index is 3.12. The summed E-state index contributed by atoms with van der Waals surface area (Å²) in [6.45, 7) is 2.82. The van der Waals surface area contributed by atoms with Crippen LogP contribution in [0.4, 0.5) is 0 Å². The van der Waals surface area contributed by atoms with E-state index in [1.165, 1.54) is 19.1 Å². The minimum atomic E-state index is -4.02. The molecule has 1 rings (SSSR count). The van der Waals surface area contributed by atoms with Gasteiger partial charge in [0.15, 0.2) is 0 Å². The summed E-state index contributed by atoms with van der Waals surface area (Å²) in [4.78, 5) is 10.9. The van der Waals surface area contributed by atoms with Gasteiger partial charge in [-0.2, -0.15) is 5.26 Å². The first kappa shape index (κ1) is 17.4. The molecule has 8 heteroatoms. The van der Waals surface area contributed by atoms with Crippen molar-refractivity contribution in [3.63, 3.8) is 0 Å². The summed E-state index contributed by atoms with van der Waals surface area (Å²) >= 11 is 5.75. The van der Waals surface area contributed by atoms with Gasteiger partial charge in [0.25, 0.3) is 0 Å². The summed E-state index contributed by atoms with van der Waals surface area (Å²) < 4.78 is 26.7. The lowest BCUT2D eigenvalue weighted by atomic mass is 9.88. The standard InChI is InChI=1S/C13H15ClN2O4S/c1-3-13(2,12(17)18)8-16-21(19,20)11-6-10(14)5-4-9(11)7-15/h4-6,16H,3,8H2,1-2H3,(H,17,18). The normalized spacial score (nSPS) is 14.2. The zero-order valence-corrected chi connectivity index (χ0v) is 13.1. The molecular formula is C13H15ClN2O4S. The highest BCUT2D eigenvalue weighted by molar-refractivity contribution is 7.89. The average molecular weight is 331 g/mol. The van der Waals surface area contributed by atoms with Gasteiger partial charge in [-0.25, -0.2) is 13.1 Å². The molecule has 0 aliphatic rings. The number of benzene rings is 1. The maximum absolute atomic E-state index is 12.2. The fourth-order valence-corrected chi connectivity index (χ4v) is 3.08. The van der Waals surface area contributed by atoms with Crippen molar-refractivity contribution in [3.8, 4) is 6.07 Å². The van der Waals surface area contributed by atoms with Gasteiger partial charge < -0.3 is 5.11 Å². The topological polar surface area (TPSA) is 107 Å². The van der Waals surface area contributed by atoms with E-state index in [1.54, 1.807) is 13.0 Å². The number of nitrogens with one attached hydrogen (secondary N) is 1. The number of carboxylic acid groups (broad SMARTS) is 1. The van der Waals surface area contributed by atoms with E-state index in [9.17, 15) is 13.2 Å². The van der Waals surface area contributed by atoms with Crippen LogP contribution in [0.1, 0.15) is 25.8 Å². The number of halogens is 1. The predicted octanol–water partition coefficient (Wildman–Crippen LogP) is 1.99. The highest BCUT2D eigenvalue weighted by Crippen LogP contribution is 2.23. The van der Waals surface area contributed by atoms with E-state index in [4.69, 9.17) is 22.0 Å². The van der Waals surface area contributed by atoms with Gasteiger partial charge in [0.05, 0.1) is 11.0 Å². The molecule has 0 aliphatic heterocycles. The van der Waals surface area contributed by atoms with Crippen LogP contribution in [0.5, 0.6) is 0 Å². The first-order valence-corrected chi connectivity index (χ1v) is 7.95. The molecule has 1 atom stereocenters. The Kier molecular flexibility index (Phi) is 5.34. The summed E-state index contributed by atoms with van der Waals surface area (Å²) in [5.41, 5.74) is -1.28. The van der Waals surface area contributed by atoms with Crippen LogP contribution in [-0.2, 0) is 14.8 Å². The van der Waals surface area contributed by atoms with Crippen molar-refractivity contribution in [1.29, 1.82) is 5.26 Å². The third kappa shape index (κ3) is 3.94. The van der Waals surface area contributed by atoms with Gasteiger partial charge in [-0.1, -0.05) is 18.5 Å². The summed E-state index contributed by atoms with van der Waals surface area (Å²) in [5.74, 6) is -1.10. The molecule has 0 heterocycles. The van der Waals surface area contributed by atoms with Crippen LogP contribution < -0.4 is 4.72 Å². The molecular weight excluding hydrogens is 316 g/mol. The SMILES string of the molecule is CCC(C)(CNS(=O)(=O)c1cc(Cl)ccc1C#N)C(=O)O. The van der Waals surface area contributed by atoms with Crippen LogP contribution in [0.15, 0.2) is 23.1 Å². The fourth-order valence-electron chi connectivity index (χ4n) is 1.49. The quantitative estimate of drug-likeness (QED) is 0.829. The van der Waals surface area contributed by atoms with Crippen LogP contribution in [0.2, 0.25) is 5.02 Å². The molecule has 114 valence electrons. The molecule has 6 nitrogen and oxygen atoms in total. The Hall–Kier alpha value is -1.62. The first-order chi connectivity index (χ1) is 9.66. The Morgan fingerprint density at radius 2 is 2.14 bits per heavy atom. The fraction of sp³-hybridized carbons (Fsp3) is 0.385. The molecule has 0 fully saturated rings. The summed E-state index contributed by atoms with van der Waals surface area (Å²) in [6.07, 6.45) is 0.255. The molecule has 0 aliphatic carbocycles. The zero-order chi connectivity index (χ0) is 16.3. The van der Waals surface area contributed by atoms with Crippen molar-refractivity contribution in [2.75, 3.05) is 6.54 Å². The Morgan fingerprint density at radius 1 is 1.52 bits per heavy atom. The number of nitriles is 1. The number of hydrogen-bond donors (Lipinski definition) is 2. The molecule has 0 saturated carbocycles. The third-order valence-corrected chi connectivity index (χ3v) is 4.98. The number of nitrogens with zero attached hydrogens (tertiary/aromatic N) is 1. The molecule has 1 aromatic rings. The maximum atomic E-state index is 12.2. The van der Waals surface area contributed by atoms with E-state index in [-0.39, 0.29) is 28.4 Å². The van der Waals surface area contributed by atoms with Crippen LogP contribution in [0, 0.1) is 16.7 Å². The highest BCUT2D eigenvalue weighted by atomic mass is 35.5. The molecule has 0 spiro atoms. The number of sulfonamides is 1. The lowest BCUT2D eigenvalue weighted by Gasteiger charge is -2.23. The van der Waals surface area contributed by atoms with Gasteiger partial charge in [0.2, 0.25) is 10.0 Å². The van der Waals surface area contributed by atoms with E-state index >= 15 is 0 Å². The molecule has 0 saturated heterocycles. The second-order valence-corrected chi connectivity index (χ2v) is 6.97. The van der Waals surface area contributed by atoms with Crippen molar-refractivity contribution < 1.29 is 18.3 Å². The molecule has 0 radical (unpaired) electrons. The Bertz CT molecular complexity index is 697. The van der Waals surface area contributed by atoms with Crippen molar-refractivity contribution in [2.45, 2.75) is 25.2 Å². The van der Waals surface area contributed by atoms with Crippen LogP contribution >= 0.6 is 11.6 Å². The maximum Gasteiger partial charge on any atom is 0.310 e. The van der Waals surface area contributed by atoms with E-state index in [0.29, 0.717) is 0 Å². The van der Waals surface area contributed by atoms with Crippen molar-refractivity contribution in [3.05, 3.63) is 28.8 Å². The van der Waals surface area contributed by atoms with E-state index in [2.05, 4.69) is 4.72 Å². The second kappa shape index (κ2) is 6.43. The molecule has 0 aromatic heterocycles. The van der Waals surface area contributed by atoms with Crippen LogP contribution in [0.25, 0.3) is 0 Å². The molecule has 1 unspecified atom stereocenters. The van der Waals surface area contributed by atoms with Crippen molar-refractivity contribution in [1.82, 2.24) is 4.72 Å². The zero-order valence-electron chi connectivity index (χ0n) is 11.6. The van der Waals surface area contributed by atoms with Gasteiger partial charge in [-0.3, -0.25) is 4.79 Å². The van der Waals surface area contributed by atoms with Crippen molar-refractivity contribution in [2.24, 2.45) is 5.41 Å². The van der Waals surface area contributed by atoms with Crippen LogP contribution in [0.3, 0.4) is 0 Å². The minimum Gasteiger partial charge on any atom is -0.481 e. The molecule has 1 aromatic carbocycles. The second-order valence-electron chi connectivity index (χ2n) is 4.80. The minimum absolute atomic E-state index is 0.0552. The largest absolute Gasteiger partial charge is 0.481 e. The number of rotatable bonds is 6. The van der Waals surface area contributed by atoms with Gasteiger partial charge in [0, 0.05) is 11.6 Å².